The highest BCUT2D eigenvalue weighted by molar-refractivity contribution is 6.00. The van der Waals surface area contributed by atoms with E-state index in [1.54, 1.807) is 19.1 Å². The van der Waals surface area contributed by atoms with Crippen molar-refractivity contribution in [1.82, 2.24) is 9.78 Å². The number of aryl methyl sites for hydroxylation is 1. The Morgan fingerprint density at radius 1 is 1.15 bits per heavy atom. The molecule has 1 amide bonds. The number of anilines is 1. The summed E-state index contributed by atoms with van der Waals surface area (Å²) in [5.74, 6) is -1.15. The molecule has 27 heavy (non-hydrogen) atoms. The number of aromatic nitrogens is 2. The molecule has 0 saturated carbocycles. The predicted octanol–water partition coefficient (Wildman–Crippen LogP) is 3.09. The zero-order valence-electron chi connectivity index (χ0n) is 16.1. The van der Waals surface area contributed by atoms with Crippen molar-refractivity contribution < 1.29 is 14.3 Å². The van der Waals surface area contributed by atoms with Gasteiger partial charge in [0, 0.05) is 12.0 Å². The van der Waals surface area contributed by atoms with Gasteiger partial charge in [-0.3, -0.25) is 9.59 Å². The van der Waals surface area contributed by atoms with Crippen LogP contribution in [0.25, 0.3) is 5.69 Å². The van der Waals surface area contributed by atoms with Gasteiger partial charge in [0.1, 0.15) is 0 Å². The summed E-state index contributed by atoms with van der Waals surface area (Å²) in [6, 6.07) is 8.37. The number of rotatable bonds is 7. The Morgan fingerprint density at radius 3 is 2.33 bits per heavy atom. The second kappa shape index (κ2) is 9.12. The fourth-order valence-corrected chi connectivity index (χ4v) is 2.67. The summed E-state index contributed by atoms with van der Waals surface area (Å²) in [6.07, 6.45) is 1.32. The Balaban J connectivity index is 2.51. The van der Waals surface area contributed by atoms with Gasteiger partial charge in [-0.25, -0.2) is 4.79 Å². The van der Waals surface area contributed by atoms with Crippen LogP contribution in [0.5, 0.6) is 0 Å². The predicted molar refractivity (Wildman–Crippen MR) is 103 cm³/mol. The average Bonchev–Trinajstić information content (AvgIpc) is 2.64. The summed E-state index contributed by atoms with van der Waals surface area (Å²) in [5.41, 5.74) is 1.07. The number of nitrogens with one attached hydrogen (secondary N) is 1. The van der Waals surface area contributed by atoms with Gasteiger partial charge in [-0.05, 0) is 38.8 Å². The highest BCUT2D eigenvalue weighted by Gasteiger charge is 2.22. The fraction of sp³-hybridized carbons (Fsp3) is 0.400. The lowest BCUT2D eigenvalue weighted by Crippen LogP contribution is -2.29. The SMILES string of the molecule is CCOC(=O)c1nn(-c2ccc(C)cc2)c(=O)cc1NC(=O)C(CC)CC. The second-order valence-electron chi connectivity index (χ2n) is 6.22. The van der Waals surface area contributed by atoms with Crippen LogP contribution in [0, 0.1) is 12.8 Å². The van der Waals surface area contributed by atoms with Crippen molar-refractivity contribution in [3.8, 4) is 5.69 Å². The molecule has 0 aliphatic rings. The monoisotopic (exact) mass is 371 g/mol. The molecule has 1 aromatic carbocycles. The third-order valence-electron chi connectivity index (χ3n) is 4.29. The molecule has 1 heterocycles. The molecule has 0 radical (unpaired) electrons. The molecule has 1 aromatic heterocycles. The van der Waals surface area contributed by atoms with Crippen LogP contribution in [0.15, 0.2) is 35.1 Å². The summed E-state index contributed by atoms with van der Waals surface area (Å²) in [7, 11) is 0. The molecule has 7 heteroatoms. The fourth-order valence-electron chi connectivity index (χ4n) is 2.67. The number of carbonyl (C=O) groups excluding carboxylic acids is 2. The average molecular weight is 371 g/mol. The molecule has 0 unspecified atom stereocenters. The minimum atomic E-state index is -0.696. The van der Waals surface area contributed by atoms with E-state index < -0.39 is 11.5 Å². The molecule has 0 atom stereocenters. The van der Waals surface area contributed by atoms with E-state index >= 15 is 0 Å². The van der Waals surface area contributed by atoms with E-state index in [1.165, 1.54) is 6.07 Å². The van der Waals surface area contributed by atoms with Gasteiger partial charge in [-0.15, -0.1) is 0 Å². The van der Waals surface area contributed by atoms with Crippen molar-refractivity contribution in [2.75, 3.05) is 11.9 Å². The number of amides is 1. The first-order chi connectivity index (χ1) is 12.9. The van der Waals surface area contributed by atoms with Crippen LogP contribution < -0.4 is 10.9 Å². The molecule has 0 saturated heterocycles. The van der Waals surface area contributed by atoms with Gasteiger partial charge in [0.15, 0.2) is 5.69 Å². The lowest BCUT2D eigenvalue weighted by molar-refractivity contribution is -0.120. The van der Waals surface area contributed by atoms with Crippen molar-refractivity contribution in [1.29, 1.82) is 0 Å². The first-order valence-electron chi connectivity index (χ1n) is 9.10. The number of ether oxygens (including phenoxy) is 1. The Kier molecular flexibility index (Phi) is 6.87. The molecule has 1 N–H and O–H groups in total. The Morgan fingerprint density at radius 2 is 1.78 bits per heavy atom. The first-order valence-corrected chi connectivity index (χ1v) is 9.10. The normalized spacial score (nSPS) is 10.7. The van der Waals surface area contributed by atoms with Crippen LogP contribution in [0.4, 0.5) is 5.69 Å². The van der Waals surface area contributed by atoms with E-state index in [-0.39, 0.29) is 29.8 Å². The number of hydrogen-bond acceptors (Lipinski definition) is 5. The van der Waals surface area contributed by atoms with Crippen LogP contribution in [-0.4, -0.2) is 28.3 Å². The molecule has 0 aliphatic carbocycles. The molecule has 0 bridgehead atoms. The Labute approximate surface area is 158 Å². The van der Waals surface area contributed by atoms with Crippen molar-refractivity contribution in [2.45, 2.75) is 40.5 Å². The van der Waals surface area contributed by atoms with Crippen molar-refractivity contribution in [2.24, 2.45) is 5.92 Å². The van der Waals surface area contributed by atoms with E-state index in [0.717, 1.165) is 10.2 Å². The van der Waals surface area contributed by atoms with Gasteiger partial charge < -0.3 is 10.1 Å². The minimum absolute atomic E-state index is 0.0683. The van der Waals surface area contributed by atoms with E-state index in [0.29, 0.717) is 18.5 Å². The summed E-state index contributed by atoms with van der Waals surface area (Å²) in [5, 5.41) is 6.83. The topological polar surface area (TPSA) is 90.3 Å². The molecule has 2 rings (SSSR count). The van der Waals surface area contributed by atoms with Gasteiger partial charge in [-0.1, -0.05) is 31.5 Å². The zero-order valence-corrected chi connectivity index (χ0v) is 16.1. The quantitative estimate of drug-likeness (QED) is 0.755. The van der Waals surface area contributed by atoms with Crippen molar-refractivity contribution in [3.05, 3.63) is 51.9 Å². The van der Waals surface area contributed by atoms with Gasteiger partial charge in [0.05, 0.1) is 18.0 Å². The van der Waals surface area contributed by atoms with Crippen molar-refractivity contribution >= 4 is 17.6 Å². The first kappa shape index (κ1) is 20.4. The molecule has 0 aliphatic heterocycles. The molecule has 0 fully saturated rings. The van der Waals surface area contributed by atoms with Crippen LogP contribution in [-0.2, 0) is 9.53 Å². The summed E-state index contributed by atoms with van der Waals surface area (Å²) >= 11 is 0. The maximum absolute atomic E-state index is 12.5. The second-order valence-corrected chi connectivity index (χ2v) is 6.22. The number of carbonyl (C=O) groups is 2. The lowest BCUT2D eigenvalue weighted by Gasteiger charge is -2.15. The molecular formula is C20H25N3O4. The van der Waals surface area contributed by atoms with Crippen LogP contribution in [0.2, 0.25) is 0 Å². The molecule has 0 spiro atoms. The Hall–Kier alpha value is -2.96. The molecule has 7 nitrogen and oxygen atoms in total. The summed E-state index contributed by atoms with van der Waals surface area (Å²) in [4.78, 5) is 37.3. The number of nitrogens with zero attached hydrogens (tertiary/aromatic N) is 2. The molecular weight excluding hydrogens is 346 g/mol. The summed E-state index contributed by atoms with van der Waals surface area (Å²) < 4.78 is 6.17. The third-order valence-corrected chi connectivity index (χ3v) is 4.29. The maximum atomic E-state index is 12.5. The zero-order chi connectivity index (χ0) is 20.0. The van der Waals surface area contributed by atoms with Crippen LogP contribution in [0.1, 0.15) is 49.7 Å². The van der Waals surface area contributed by atoms with Gasteiger partial charge in [0.2, 0.25) is 5.91 Å². The minimum Gasteiger partial charge on any atom is -0.461 e. The summed E-state index contributed by atoms with van der Waals surface area (Å²) in [6.45, 7) is 7.59. The highest BCUT2D eigenvalue weighted by atomic mass is 16.5. The standard InChI is InChI=1S/C20H25N3O4/c1-5-14(6-2)19(25)21-16-12-17(24)23(15-10-8-13(4)9-11-15)22-18(16)20(26)27-7-3/h8-12,14H,5-7H2,1-4H3,(H,21,25). The smallest absolute Gasteiger partial charge is 0.360 e. The highest BCUT2D eigenvalue weighted by Crippen LogP contribution is 2.17. The van der Waals surface area contributed by atoms with Gasteiger partial charge >= 0.3 is 5.97 Å². The van der Waals surface area contributed by atoms with E-state index in [9.17, 15) is 14.4 Å². The maximum Gasteiger partial charge on any atom is 0.360 e. The largest absolute Gasteiger partial charge is 0.461 e. The van der Waals surface area contributed by atoms with Crippen LogP contribution in [0.3, 0.4) is 0 Å². The van der Waals surface area contributed by atoms with E-state index in [4.69, 9.17) is 4.74 Å². The van der Waals surface area contributed by atoms with Crippen molar-refractivity contribution in [3.63, 3.8) is 0 Å². The lowest BCUT2D eigenvalue weighted by atomic mass is 10.0. The van der Waals surface area contributed by atoms with E-state index in [2.05, 4.69) is 10.4 Å². The molecule has 2 aromatic rings. The van der Waals surface area contributed by atoms with Crippen LogP contribution >= 0.6 is 0 Å². The Bertz CT molecular complexity index is 868. The number of benzene rings is 1. The number of hydrogen-bond donors (Lipinski definition) is 1. The number of esters is 1. The third kappa shape index (κ3) is 4.81. The van der Waals surface area contributed by atoms with Gasteiger partial charge in [-0.2, -0.15) is 9.78 Å². The van der Waals surface area contributed by atoms with E-state index in [1.807, 2.05) is 32.9 Å². The molecule has 144 valence electrons. The van der Waals surface area contributed by atoms with Gasteiger partial charge in [0.25, 0.3) is 5.56 Å².